The minimum absolute atomic E-state index is 0.244. The van der Waals surface area contributed by atoms with Crippen molar-refractivity contribution >= 4 is 11.8 Å². The van der Waals surface area contributed by atoms with Crippen LogP contribution in [0.3, 0.4) is 0 Å². The standard InChI is InChI=1S/C19H24N4O2/c1-23(2)14-13-21-19(25)17-10-6-9-16(22-17)18(24)20-12-11-15-7-4-3-5-8-15/h3-10H,11-14H2,1-2H3,(H,20,24)(H,21,25). The fraction of sp³-hybridized carbons (Fsp3) is 0.316. The van der Waals surface area contributed by atoms with Gasteiger partial charge >= 0.3 is 0 Å². The van der Waals surface area contributed by atoms with E-state index in [1.807, 2.05) is 49.3 Å². The van der Waals surface area contributed by atoms with Gasteiger partial charge in [0.15, 0.2) is 0 Å². The number of nitrogens with zero attached hydrogens (tertiary/aromatic N) is 2. The first-order chi connectivity index (χ1) is 12.1. The number of carbonyl (C=O) groups excluding carboxylic acids is 2. The van der Waals surface area contributed by atoms with Crippen LogP contribution in [-0.4, -0.2) is 55.4 Å². The summed E-state index contributed by atoms with van der Waals surface area (Å²) in [5.74, 6) is -0.556. The van der Waals surface area contributed by atoms with Gasteiger partial charge in [0.05, 0.1) is 0 Å². The van der Waals surface area contributed by atoms with Crippen LogP contribution in [0.4, 0.5) is 0 Å². The predicted molar refractivity (Wildman–Crippen MR) is 97.6 cm³/mol. The molecule has 0 saturated heterocycles. The molecule has 6 heteroatoms. The summed E-state index contributed by atoms with van der Waals surface area (Å²) in [6, 6.07) is 14.8. The molecular formula is C19H24N4O2. The number of aromatic nitrogens is 1. The third kappa shape index (κ3) is 6.35. The molecule has 0 radical (unpaired) electrons. The first-order valence-electron chi connectivity index (χ1n) is 8.28. The highest BCUT2D eigenvalue weighted by molar-refractivity contribution is 5.96. The molecule has 0 saturated carbocycles. The van der Waals surface area contributed by atoms with Crippen LogP contribution in [0.25, 0.3) is 0 Å². The van der Waals surface area contributed by atoms with Gasteiger partial charge in [-0.2, -0.15) is 0 Å². The van der Waals surface area contributed by atoms with E-state index in [1.165, 1.54) is 0 Å². The van der Waals surface area contributed by atoms with E-state index in [0.717, 1.165) is 18.5 Å². The summed E-state index contributed by atoms with van der Waals surface area (Å²) in [5, 5.41) is 5.62. The van der Waals surface area contributed by atoms with Crippen LogP contribution in [0, 0.1) is 0 Å². The Labute approximate surface area is 148 Å². The molecule has 0 unspecified atom stereocenters. The molecule has 1 aromatic carbocycles. The van der Waals surface area contributed by atoms with E-state index < -0.39 is 0 Å². The molecule has 0 aliphatic rings. The second kappa shape index (κ2) is 9.54. The topological polar surface area (TPSA) is 74.3 Å². The van der Waals surface area contributed by atoms with Gasteiger partial charge in [-0.25, -0.2) is 4.98 Å². The van der Waals surface area contributed by atoms with Crippen LogP contribution in [-0.2, 0) is 6.42 Å². The van der Waals surface area contributed by atoms with E-state index in [4.69, 9.17) is 0 Å². The summed E-state index contributed by atoms with van der Waals surface area (Å²) in [5.41, 5.74) is 1.65. The number of benzene rings is 1. The summed E-state index contributed by atoms with van der Waals surface area (Å²) in [7, 11) is 3.87. The molecule has 0 atom stereocenters. The fourth-order valence-corrected chi connectivity index (χ4v) is 2.23. The van der Waals surface area contributed by atoms with Crippen molar-refractivity contribution in [1.29, 1.82) is 0 Å². The maximum Gasteiger partial charge on any atom is 0.269 e. The molecule has 2 amide bonds. The van der Waals surface area contributed by atoms with Gasteiger partial charge in [0.25, 0.3) is 11.8 Å². The Morgan fingerprint density at radius 2 is 1.48 bits per heavy atom. The molecule has 0 aliphatic carbocycles. The number of pyridine rings is 1. The number of carbonyl (C=O) groups is 2. The summed E-state index contributed by atoms with van der Waals surface area (Å²) in [6.45, 7) is 1.79. The van der Waals surface area contributed by atoms with Gasteiger partial charge in [-0.05, 0) is 38.2 Å². The Bertz CT molecular complexity index is 702. The highest BCUT2D eigenvalue weighted by Gasteiger charge is 2.11. The lowest BCUT2D eigenvalue weighted by atomic mass is 10.1. The molecule has 0 spiro atoms. The van der Waals surface area contributed by atoms with Crippen LogP contribution < -0.4 is 10.6 Å². The Morgan fingerprint density at radius 3 is 2.08 bits per heavy atom. The van der Waals surface area contributed by atoms with Crippen LogP contribution in [0.15, 0.2) is 48.5 Å². The van der Waals surface area contributed by atoms with E-state index in [-0.39, 0.29) is 23.2 Å². The van der Waals surface area contributed by atoms with Gasteiger partial charge in [0.2, 0.25) is 0 Å². The van der Waals surface area contributed by atoms with Gasteiger partial charge in [0, 0.05) is 19.6 Å². The van der Waals surface area contributed by atoms with Crippen molar-refractivity contribution in [3.8, 4) is 0 Å². The van der Waals surface area contributed by atoms with Gasteiger partial charge in [-0.15, -0.1) is 0 Å². The molecule has 2 rings (SSSR count). The summed E-state index contributed by atoms with van der Waals surface area (Å²) >= 11 is 0. The van der Waals surface area contributed by atoms with Crippen LogP contribution >= 0.6 is 0 Å². The van der Waals surface area contributed by atoms with E-state index in [1.54, 1.807) is 18.2 Å². The maximum atomic E-state index is 12.2. The second-order valence-corrected chi connectivity index (χ2v) is 5.96. The van der Waals surface area contributed by atoms with Crippen molar-refractivity contribution in [1.82, 2.24) is 20.5 Å². The molecule has 132 valence electrons. The summed E-state index contributed by atoms with van der Waals surface area (Å²) in [6.07, 6.45) is 0.747. The zero-order valence-corrected chi connectivity index (χ0v) is 14.7. The van der Waals surface area contributed by atoms with Crippen molar-refractivity contribution < 1.29 is 9.59 Å². The number of amides is 2. The van der Waals surface area contributed by atoms with Crippen molar-refractivity contribution in [2.75, 3.05) is 33.7 Å². The quantitative estimate of drug-likeness (QED) is 0.761. The molecular weight excluding hydrogens is 316 g/mol. The Balaban J connectivity index is 1.86. The van der Waals surface area contributed by atoms with E-state index in [0.29, 0.717) is 13.1 Å². The molecule has 2 N–H and O–H groups in total. The first-order valence-corrected chi connectivity index (χ1v) is 8.28. The van der Waals surface area contributed by atoms with Crippen molar-refractivity contribution in [2.24, 2.45) is 0 Å². The average Bonchev–Trinajstić information content (AvgIpc) is 2.62. The molecule has 0 bridgehead atoms. The van der Waals surface area contributed by atoms with E-state index >= 15 is 0 Å². The zero-order valence-electron chi connectivity index (χ0n) is 14.7. The van der Waals surface area contributed by atoms with Crippen LogP contribution in [0.1, 0.15) is 26.5 Å². The van der Waals surface area contributed by atoms with Crippen molar-refractivity contribution in [3.63, 3.8) is 0 Å². The molecule has 6 nitrogen and oxygen atoms in total. The number of hydrogen-bond donors (Lipinski definition) is 2. The minimum atomic E-state index is -0.279. The summed E-state index contributed by atoms with van der Waals surface area (Å²) < 4.78 is 0. The molecule has 25 heavy (non-hydrogen) atoms. The molecule has 0 aliphatic heterocycles. The predicted octanol–water partition coefficient (Wildman–Crippen LogP) is 1.35. The largest absolute Gasteiger partial charge is 0.350 e. The minimum Gasteiger partial charge on any atom is -0.350 e. The van der Waals surface area contributed by atoms with Crippen molar-refractivity contribution in [3.05, 3.63) is 65.5 Å². The highest BCUT2D eigenvalue weighted by atomic mass is 16.2. The SMILES string of the molecule is CN(C)CCNC(=O)c1cccc(C(=O)NCCc2ccccc2)n1. The van der Waals surface area contributed by atoms with Gasteiger partial charge in [0.1, 0.15) is 11.4 Å². The van der Waals surface area contributed by atoms with Crippen LogP contribution in [0.2, 0.25) is 0 Å². The van der Waals surface area contributed by atoms with Gasteiger partial charge in [-0.1, -0.05) is 36.4 Å². The molecule has 2 aromatic rings. The number of hydrogen-bond acceptors (Lipinski definition) is 4. The second-order valence-electron chi connectivity index (χ2n) is 5.96. The molecule has 0 fully saturated rings. The number of rotatable bonds is 8. The number of nitrogens with one attached hydrogen (secondary N) is 2. The van der Waals surface area contributed by atoms with Crippen molar-refractivity contribution in [2.45, 2.75) is 6.42 Å². The van der Waals surface area contributed by atoms with Crippen LogP contribution in [0.5, 0.6) is 0 Å². The molecule has 1 heterocycles. The maximum absolute atomic E-state index is 12.2. The fourth-order valence-electron chi connectivity index (χ4n) is 2.23. The Hall–Kier alpha value is -2.73. The lowest BCUT2D eigenvalue weighted by molar-refractivity contribution is 0.0943. The lowest BCUT2D eigenvalue weighted by Crippen LogP contribution is -2.32. The van der Waals surface area contributed by atoms with Gasteiger partial charge in [-0.3, -0.25) is 9.59 Å². The first kappa shape index (κ1) is 18.6. The third-order valence-electron chi connectivity index (χ3n) is 3.60. The smallest absolute Gasteiger partial charge is 0.269 e. The highest BCUT2D eigenvalue weighted by Crippen LogP contribution is 2.01. The monoisotopic (exact) mass is 340 g/mol. The lowest BCUT2D eigenvalue weighted by Gasteiger charge is -2.10. The number of likely N-dealkylation sites (N-methyl/N-ethyl adjacent to an activating group) is 1. The third-order valence-corrected chi connectivity index (χ3v) is 3.60. The normalized spacial score (nSPS) is 10.5. The zero-order chi connectivity index (χ0) is 18.1. The van der Waals surface area contributed by atoms with Gasteiger partial charge < -0.3 is 15.5 Å². The average molecular weight is 340 g/mol. The van der Waals surface area contributed by atoms with E-state index in [2.05, 4.69) is 15.6 Å². The van der Waals surface area contributed by atoms with E-state index in [9.17, 15) is 9.59 Å². The Kier molecular flexibility index (Phi) is 7.10. The summed E-state index contributed by atoms with van der Waals surface area (Å²) in [4.78, 5) is 30.4. The molecule has 1 aromatic heterocycles. The Morgan fingerprint density at radius 1 is 0.880 bits per heavy atom.